The summed E-state index contributed by atoms with van der Waals surface area (Å²) >= 11 is 0. The lowest BCUT2D eigenvalue weighted by molar-refractivity contribution is 0.0532. The Bertz CT molecular complexity index is 388. The Balaban J connectivity index is 1.67. The predicted molar refractivity (Wildman–Crippen MR) is 91.2 cm³/mol. The van der Waals surface area contributed by atoms with Gasteiger partial charge in [0.2, 0.25) is 0 Å². The lowest BCUT2D eigenvalue weighted by Gasteiger charge is -2.44. The maximum absolute atomic E-state index is 3.45. The summed E-state index contributed by atoms with van der Waals surface area (Å²) in [6, 6.07) is 0. The SMILES string of the molecule is CC(C)(C)C#CC1CN(CC2CCN(C(C)(C)C)CC2)C1. The van der Waals surface area contributed by atoms with Gasteiger partial charge in [0.25, 0.3) is 0 Å². The first-order valence-electron chi connectivity index (χ1n) is 8.63. The molecule has 2 heteroatoms. The Morgan fingerprint density at radius 2 is 1.52 bits per heavy atom. The molecule has 0 aromatic carbocycles. The topological polar surface area (TPSA) is 6.48 Å². The van der Waals surface area contributed by atoms with E-state index >= 15 is 0 Å². The summed E-state index contributed by atoms with van der Waals surface area (Å²) in [6.45, 7) is 19.8. The van der Waals surface area contributed by atoms with Crippen LogP contribution in [0.2, 0.25) is 0 Å². The highest BCUT2D eigenvalue weighted by Gasteiger charge is 2.31. The van der Waals surface area contributed by atoms with Gasteiger partial charge in [0, 0.05) is 36.5 Å². The standard InChI is InChI=1S/C19H34N2/c1-18(2,3)10-7-17-14-20(15-17)13-16-8-11-21(12-9-16)19(4,5)6/h16-17H,8-9,11-15H2,1-6H3. The zero-order valence-electron chi connectivity index (χ0n) is 15.0. The first-order valence-corrected chi connectivity index (χ1v) is 8.63. The van der Waals surface area contributed by atoms with Crippen molar-refractivity contribution < 1.29 is 0 Å². The largest absolute Gasteiger partial charge is 0.301 e. The third-order valence-corrected chi connectivity index (χ3v) is 4.69. The van der Waals surface area contributed by atoms with E-state index in [1.165, 1.54) is 45.6 Å². The molecule has 2 aliphatic rings. The third kappa shape index (κ3) is 5.31. The molecule has 0 aliphatic carbocycles. The van der Waals surface area contributed by atoms with Crippen LogP contribution in [0.15, 0.2) is 0 Å². The molecule has 2 nitrogen and oxygen atoms in total. The van der Waals surface area contributed by atoms with Crippen molar-refractivity contribution in [2.75, 3.05) is 32.7 Å². The van der Waals surface area contributed by atoms with Gasteiger partial charge >= 0.3 is 0 Å². The zero-order valence-corrected chi connectivity index (χ0v) is 15.0. The van der Waals surface area contributed by atoms with Gasteiger partial charge in [0.05, 0.1) is 0 Å². The molecule has 2 saturated heterocycles. The van der Waals surface area contributed by atoms with Gasteiger partial charge in [-0.15, -0.1) is 0 Å². The van der Waals surface area contributed by atoms with Crippen LogP contribution in [0.1, 0.15) is 54.4 Å². The van der Waals surface area contributed by atoms with Gasteiger partial charge in [-0.3, -0.25) is 4.90 Å². The predicted octanol–water partition coefficient (Wildman–Crippen LogP) is 3.48. The quantitative estimate of drug-likeness (QED) is 0.719. The highest BCUT2D eigenvalue weighted by atomic mass is 15.2. The molecule has 0 unspecified atom stereocenters. The summed E-state index contributed by atoms with van der Waals surface area (Å²) in [5.41, 5.74) is 0.496. The minimum absolute atomic E-state index is 0.153. The second kappa shape index (κ2) is 6.31. The van der Waals surface area contributed by atoms with E-state index in [1.807, 2.05) is 0 Å². The molecule has 21 heavy (non-hydrogen) atoms. The molecular formula is C19H34N2. The summed E-state index contributed by atoms with van der Waals surface area (Å²) in [4.78, 5) is 5.25. The van der Waals surface area contributed by atoms with Gasteiger partial charge in [-0.2, -0.15) is 0 Å². The molecule has 2 aliphatic heterocycles. The molecule has 0 amide bonds. The minimum Gasteiger partial charge on any atom is -0.301 e. The zero-order chi connectivity index (χ0) is 15.7. The highest BCUT2D eigenvalue weighted by molar-refractivity contribution is 5.13. The van der Waals surface area contributed by atoms with Crippen LogP contribution < -0.4 is 0 Å². The summed E-state index contributed by atoms with van der Waals surface area (Å²) in [6.07, 6.45) is 2.73. The Labute approximate surface area is 132 Å². The van der Waals surface area contributed by atoms with E-state index in [2.05, 4.69) is 63.2 Å². The number of rotatable bonds is 2. The molecular weight excluding hydrogens is 256 g/mol. The van der Waals surface area contributed by atoms with Gasteiger partial charge in [0.15, 0.2) is 0 Å². The molecule has 0 aromatic rings. The van der Waals surface area contributed by atoms with E-state index in [9.17, 15) is 0 Å². The van der Waals surface area contributed by atoms with Crippen LogP contribution in [0.3, 0.4) is 0 Å². The second-order valence-electron chi connectivity index (χ2n) is 9.04. The fourth-order valence-corrected chi connectivity index (χ4v) is 3.28. The summed E-state index contributed by atoms with van der Waals surface area (Å²) in [5, 5.41) is 0. The molecule has 0 bridgehead atoms. The molecule has 0 N–H and O–H groups in total. The summed E-state index contributed by atoms with van der Waals surface area (Å²) in [7, 11) is 0. The normalized spacial score (nSPS) is 23.5. The van der Waals surface area contributed by atoms with Crippen molar-refractivity contribution >= 4 is 0 Å². The molecule has 2 rings (SSSR count). The van der Waals surface area contributed by atoms with E-state index < -0.39 is 0 Å². The van der Waals surface area contributed by atoms with Crippen LogP contribution in [0.4, 0.5) is 0 Å². The van der Waals surface area contributed by atoms with Crippen molar-refractivity contribution in [3.8, 4) is 11.8 Å². The molecule has 120 valence electrons. The second-order valence-corrected chi connectivity index (χ2v) is 9.04. The van der Waals surface area contributed by atoms with E-state index in [4.69, 9.17) is 0 Å². The molecule has 0 spiro atoms. The van der Waals surface area contributed by atoms with Crippen LogP contribution in [-0.2, 0) is 0 Å². The summed E-state index contributed by atoms with van der Waals surface area (Å²) in [5.74, 6) is 8.37. The van der Waals surface area contributed by atoms with Crippen molar-refractivity contribution in [1.29, 1.82) is 0 Å². The lowest BCUT2D eigenvalue weighted by atomic mass is 9.90. The van der Waals surface area contributed by atoms with Crippen molar-refractivity contribution in [1.82, 2.24) is 9.80 Å². The Morgan fingerprint density at radius 3 is 2.00 bits per heavy atom. The minimum atomic E-state index is 0.153. The Kier molecular flexibility index (Phi) is 5.06. The molecule has 0 radical (unpaired) electrons. The van der Waals surface area contributed by atoms with Crippen molar-refractivity contribution in [3.05, 3.63) is 0 Å². The molecule has 0 aromatic heterocycles. The van der Waals surface area contributed by atoms with Crippen LogP contribution in [0.25, 0.3) is 0 Å². The number of hydrogen-bond acceptors (Lipinski definition) is 2. The van der Waals surface area contributed by atoms with Crippen molar-refractivity contribution in [2.24, 2.45) is 17.3 Å². The average Bonchev–Trinajstić information content (AvgIpc) is 2.30. The maximum atomic E-state index is 3.45. The van der Waals surface area contributed by atoms with Gasteiger partial charge in [0.1, 0.15) is 0 Å². The monoisotopic (exact) mass is 290 g/mol. The van der Waals surface area contributed by atoms with Crippen LogP contribution in [-0.4, -0.2) is 48.1 Å². The maximum Gasteiger partial charge on any atom is 0.0457 e. The molecule has 2 fully saturated rings. The number of nitrogens with zero attached hydrogens (tertiary/aromatic N) is 2. The number of piperidine rings is 1. The first-order chi connectivity index (χ1) is 9.63. The smallest absolute Gasteiger partial charge is 0.0457 e. The van der Waals surface area contributed by atoms with Gasteiger partial charge in [-0.05, 0) is 73.4 Å². The fourth-order valence-electron chi connectivity index (χ4n) is 3.28. The van der Waals surface area contributed by atoms with Gasteiger partial charge in [-0.25, -0.2) is 0 Å². The first kappa shape index (κ1) is 16.8. The van der Waals surface area contributed by atoms with Crippen LogP contribution in [0.5, 0.6) is 0 Å². The average molecular weight is 290 g/mol. The summed E-state index contributed by atoms with van der Waals surface area (Å²) < 4.78 is 0. The Hall–Kier alpha value is -0.520. The highest BCUT2D eigenvalue weighted by Crippen LogP contribution is 2.26. The number of hydrogen-bond donors (Lipinski definition) is 0. The van der Waals surface area contributed by atoms with Crippen molar-refractivity contribution in [2.45, 2.75) is 59.9 Å². The fraction of sp³-hybridized carbons (Fsp3) is 0.895. The molecule has 0 saturated carbocycles. The molecule has 0 atom stereocenters. The third-order valence-electron chi connectivity index (χ3n) is 4.69. The van der Waals surface area contributed by atoms with E-state index in [-0.39, 0.29) is 5.41 Å². The van der Waals surface area contributed by atoms with E-state index in [1.54, 1.807) is 0 Å². The molecule has 2 heterocycles. The lowest BCUT2D eigenvalue weighted by Crippen LogP contribution is -2.51. The van der Waals surface area contributed by atoms with Gasteiger partial charge in [-0.1, -0.05) is 11.8 Å². The van der Waals surface area contributed by atoms with E-state index in [0.29, 0.717) is 11.5 Å². The van der Waals surface area contributed by atoms with Gasteiger partial charge < -0.3 is 4.90 Å². The number of likely N-dealkylation sites (tertiary alicyclic amines) is 2. The van der Waals surface area contributed by atoms with Crippen molar-refractivity contribution in [3.63, 3.8) is 0 Å². The van der Waals surface area contributed by atoms with Crippen LogP contribution in [0, 0.1) is 29.1 Å². The Morgan fingerprint density at radius 1 is 0.952 bits per heavy atom. The van der Waals surface area contributed by atoms with E-state index in [0.717, 1.165) is 5.92 Å². The van der Waals surface area contributed by atoms with Crippen LogP contribution >= 0.6 is 0 Å².